The third-order valence-corrected chi connectivity index (χ3v) is 2.97. The lowest BCUT2D eigenvalue weighted by Crippen LogP contribution is -1.82. The molecule has 0 aromatic heterocycles. The Hall–Kier alpha value is -0.520. The van der Waals surface area contributed by atoms with Crippen LogP contribution in [-0.2, 0) is 0 Å². The fraction of sp³-hybridized carbons (Fsp3) is 0.733. The van der Waals surface area contributed by atoms with Gasteiger partial charge in [-0.25, -0.2) is 0 Å². The van der Waals surface area contributed by atoms with E-state index >= 15 is 0 Å². The van der Waals surface area contributed by atoms with Gasteiger partial charge in [-0.2, -0.15) is 0 Å². The summed E-state index contributed by atoms with van der Waals surface area (Å²) in [5, 5.41) is 0. The Morgan fingerprint density at radius 2 is 1.47 bits per heavy atom. The van der Waals surface area contributed by atoms with E-state index in [-0.39, 0.29) is 0 Å². The molecule has 0 unspecified atom stereocenters. The Bertz CT molecular complexity index is 165. The Kier molecular flexibility index (Phi) is 11.2. The first kappa shape index (κ1) is 14.5. The smallest absolute Gasteiger partial charge is 0.0323 e. The highest BCUT2D eigenvalue weighted by molar-refractivity contribution is 4.94. The van der Waals surface area contributed by atoms with Crippen LogP contribution in [0.5, 0.6) is 0 Å². The highest BCUT2D eigenvalue weighted by Crippen LogP contribution is 2.12. The fourth-order valence-corrected chi connectivity index (χ4v) is 1.72. The van der Waals surface area contributed by atoms with Crippen molar-refractivity contribution in [3.63, 3.8) is 0 Å². The molecule has 0 aliphatic rings. The van der Waals surface area contributed by atoms with Crippen LogP contribution in [0.3, 0.4) is 0 Å². The maximum Gasteiger partial charge on any atom is -0.0323 e. The first-order valence-electron chi connectivity index (χ1n) is 6.54. The van der Waals surface area contributed by atoms with Crippen molar-refractivity contribution in [2.24, 2.45) is 0 Å². The number of hydrogen-bond acceptors (Lipinski definition) is 0. The second-order valence-corrected chi connectivity index (χ2v) is 4.44. The van der Waals surface area contributed by atoms with E-state index in [1.54, 1.807) is 5.57 Å². The van der Waals surface area contributed by atoms with Crippen LogP contribution in [0.4, 0.5) is 0 Å². The summed E-state index contributed by atoms with van der Waals surface area (Å²) in [6, 6.07) is 0. The van der Waals surface area contributed by atoms with E-state index in [4.69, 9.17) is 0 Å². The van der Waals surface area contributed by atoms with Gasteiger partial charge < -0.3 is 0 Å². The fourth-order valence-electron chi connectivity index (χ4n) is 1.72. The van der Waals surface area contributed by atoms with Crippen LogP contribution in [0.1, 0.15) is 71.6 Å². The zero-order chi connectivity index (χ0) is 11.4. The van der Waals surface area contributed by atoms with E-state index in [0.29, 0.717) is 0 Å². The maximum absolute atomic E-state index is 3.74. The second kappa shape index (κ2) is 11.6. The monoisotopic (exact) mass is 208 g/mol. The van der Waals surface area contributed by atoms with Gasteiger partial charge in [0.1, 0.15) is 0 Å². The molecule has 0 saturated heterocycles. The Labute approximate surface area is 96.5 Å². The number of hydrogen-bond donors (Lipinski definition) is 0. The molecule has 0 saturated carbocycles. The predicted octanol–water partition coefficient (Wildman–Crippen LogP) is 5.65. The summed E-state index contributed by atoms with van der Waals surface area (Å²) in [5.74, 6) is 0. The molecule has 0 atom stereocenters. The second-order valence-electron chi connectivity index (χ2n) is 4.44. The molecule has 0 aromatic rings. The number of unbranched alkanes of at least 4 members (excludes halogenated alkanes) is 7. The van der Waals surface area contributed by atoms with Crippen LogP contribution in [-0.4, -0.2) is 0 Å². The zero-order valence-electron chi connectivity index (χ0n) is 10.7. The van der Waals surface area contributed by atoms with Crippen molar-refractivity contribution < 1.29 is 0 Å². The van der Waals surface area contributed by atoms with E-state index < -0.39 is 0 Å². The summed E-state index contributed by atoms with van der Waals surface area (Å²) < 4.78 is 0. The molecule has 0 heteroatoms. The quantitative estimate of drug-likeness (QED) is 0.321. The standard InChI is InChI=1S/C15H28/c1-4-6-7-8-9-10-11-12-13-14-15(3)5-2/h4-5H,1,6-14H2,2-3H3. The maximum atomic E-state index is 3.74. The highest BCUT2D eigenvalue weighted by atomic mass is 14.0. The lowest BCUT2D eigenvalue weighted by atomic mass is 10.0. The molecule has 0 amide bonds. The zero-order valence-corrected chi connectivity index (χ0v) is 10.7. The first-order chi connectivity index (χ1) is 7.31. The van der Waals surface area contributed by atoms with Gasteiger partial charge >= 0.3 is 0 Å². The SMILES string of the molecule is C=CCCCCCCCCCC(C)=CC. The Morgan fingerprint density at radius 1 is 0.933 bits per heavy atom. The van der Waals surface area contributed by atoms with Crippen LogP contribution in [0.25, 0.3) is 0 Å². The molecular weight excluding hydrogens is 180 g/mol. The van der Waals surface area contributed by atoms with Crippen molar-refractivity contribution >= 4 is 0 Å². The summed E-state index contributed by atoms with van der Waals surface area (Å²) in [5.41, 5.74) is 1.54. The van der Waals surface area contributed by atoms with Gasteiger partial charge in [0.05, 0.1) is 0 Å². The normalized spacial score (nSPS) is 11.7. The third kappa shape index (κ3) is 11.4. The minimum Gasteiger partial charge on any atom is -0.103 e. The van der Waals surface area contributed by atoms with Crippen molar-refractivity contribution in [3.05, 3.63) is 24.3 Å². The molecular formula is C15H28. The minimum absolute atomic E-state index is 1.19. The molecule has 15 heavy (non-hydrogen) atoms. The number of rotatable bonds is 10. The summed E-state index contributed by atoms with van der Waals surface area (Å²) in [7, 11) is 0. The third-order valence-electron chi connectivity index (χ3n) is 2.97. The summed E-state index contributed by atoms with van der Waals surface area (Å²) in [6.45, 7) is 8.10. The van der Waals surface area contributed by atoms with Crippen LogP contribution >= 0.6 is 0 Å². The van der Waals surface area contributed by atoms with Gasteiger partial charge in [0.25, 0.3) is 0 Å². The largest absolute Gasteiger partial charge is 0.103 e. The molecule has 0 spiro atoms. The molecule has 0 fully saturated rings. The van der Waals surface area contributed by atoms with Crippen molar-refractivity contribution in [2.45, 2.75) is 71.6 Å². The molecule has 0 aliphatic heterocycles. The molecule has 0 N–H and O–H groups in total. The lowest BCUT2D eigenvalue weighted by Gasteiger charge is -2.02. The van der Waals surface area contributed by atoms with Gasteiger partial charge in [0.2, 0.25) is 0 Å². The van der Waals surface area contributed by atoms with E-state index in [0.717, 1.165) is 0 Å². The summed E-state index contributed by atoms with van der Waals surface area (Å²) >= 11 is 0. The van der Waals surface area contributed by atoms with Crippen LogP contribution < -0.4 is 0 Å². The van der Waals surface area contributed by atoms with E-state index in [1.807, 2.05) is 6.08 Å². The summed E-state index contributed by atoms with van der Waals surface area (Å²) in [4.78, 5) is 0. The molecule has 0 heterocycles. The van der Waals surface area contributed by atoms with Crippen LogP contribution in [0, 0.1) is 0 Å². The molecule has 88 valence electrons. The molecule has 0 aromatic carbocycles. The predicted molar refractivity (Wildman–Crippen MR) is 71.2 cm³/mol. The Morgan fingerprint density at radius 3 is 2.00 bits per heavy atom. The Balaban J connectivity index is 3.02. The van der Waals surface area contributed by atoms with Gasteiger partial charge in [0, 0.05) is 0 Å². The molecule has 0 bridgehead atoms. The molecule has 0 radical (unpaired) electrons. The van der Waals surface area contributed by atoms with Crippen molar-refractivity contribution in [1.82, 2.24) is 0 Å². The van der Waals surface area contributed by atoms with Crippen molar-refractivity contribution in [3.8, 4) is 0 Å². The average Bonchev–Trinajstić information content (AvgIpc) is 2.26. The van der Waals surface area contributed by atoms with Crippen molar-refractivity contribution in [2.75, 3.05) is 0 Å². The topological polar surface area (TPSA) is 0 Å². The molecule has 0 nitrogen and oxygen atoms in total. The minimum atomic E-state index is 1.19. The first-order valence-corrected chi connectivity index (χ1v) is 6.54. The van der Waals surface area contributed by atoms with Gasteiger partial charge in [-0.15, -0.1) is 6.58 Å². The van der Waals surface area contributed by atoms with E-state index in [9.17, 15) is 0 Å². The average molecular weight is 208 g/mol. The summed E-state index contributed by atoms with van der Waals surface area (Å²) in [6.07, 6.45) is 16.5. The number of allylic oxidation sites excluding steroid dienone is 3. The molecule has 0 aliphatic carbocycles. The molecule has 0 rings (SSSR count). The van der Waals surface area contributed by atoms with E-state index in [1.165, 1.54) is 57.8 Å². The van der Waals surface area contributed by atoms with Gasteiger partial charge in [-0.1, -0.05) is 49.8 Å². The van der Waals surface area contributed by atoms with Gasteiger partial charge in [-0.3, -0.25) is 0 Å². The van der Waals surface area contributed by atoms with Gasteiger partial charge in [-0.05, 0) is 39.5 Å². The highest BCUT2D eigenvalue weighted by Gasteiger charge is 1.92. The van der Waals surface area contributed by atoms with Crippen molar-refractivity contribution in [1.29, 1.82) is 0 Å². The van der Waals surface area contributed by atoms with Crippen LogP contribution in [0.15, 0.2) is 24.3 Å². The van der Waals surface area contributed by atoms with Gasteiger partial charge in [0.15, 0.2) is 0 Å². The van der Waals surface area contributed by atoms with E-state index in [2.05, 4.69) is 26.5 Å². The lowest BCUT2D eigenvalue weighted by molar-refractivity contribution is 0.580. The van der Waals surface area contributed by atoms with Crippen LogP contribution in [0.2, 0.25) is 0 Å².